The average Bonchev–Trinajstić information content (AvgIpc) is 2.98. The minimum Gasteiger partial charge on any atom is -0.507 e. The van der Waals surface area contributed by atoms with E-state index in [1.165, 1.54) is 44.6 Å². The van der Waals surface area contributed by atoms with Gasteiger partial charge in [-0.2, -0.15) is 13.2 Å². The summed E-state index contributed by atoms with van der Waals surface area (Å²) in [5.41, 5.74) is 0.291. The number of ether oxygens (including phenoxy) is 2. The van der Waals surface area contributed by atoms with Gasteiger partial charge in [0.1, 0.15) is 25.4 Å². The maximum atomic E-state index is 14.5. The van der Waals surface area contributed by atoms with Gasteiger partial charge in [0, 0.05) is 11.1 Å². The van der Waals surface area contributed by atoms with Crippen molar-refractivity contribution in [2.24, 2.45) is 0 Å². The van der Waals surface area contributed by atoms with Gasteiger partial charge in [0.05, 0.1) is 30.7 Å². The van der Waals surface area contributed by atoms with Crippen LogP contribution < -0.4 is 19.8 Å². The number of hydrogen-bond donors (Lipinski definition) is 2. The fourth-order valence-electron chi connectivity index (χ4n) is 5.13. The first kappa shape index (κ1) is 28.8. The molecule has 5 rings (SSSR count). The summed E-state index contributed by atoms with van der Waals surface area (Å²) in [4.78, 5) is 14.7. The zero-order chi connectivity index (χ0) is 29.9. The van der Waals surface area contributed by atoms with Gasteiger partial charge in [0.25, 0.3) is 0 Å². The van der Waals surface area contributed by atoms with E-state index in [2.05, 4.69) is 0 Å². The van der Waals surface area contributed by atoms with Crippen LogP contribution in [0.1, 0.15) is 22.5 Å². The van der Waals surface area contributed by atoms with Crippen molar-refractivity contribution < 1.29 is 37.1 Å². The first-order valence-corrected chi connectivity index (χ1v) is 13.2. The van der Waals surface area contributed by atoms with E-state index in [0.29, 0.717) is 18.8 Å². The molecule has 0 aliphatic carbocycles. The van der Waals surface area contributed by atoms with Crippen LogP contribution in [0.25, 0.3) is 22.1 Å². The highest BCUT2D eigenvalue weighted by Crippen LogP contribution is 2.41. The summed E-state index contributed by atoms with van der Waals surface area (Å²) in [7, 11) is 2.75. The first-order chi connectivity index (χ1) is 20.2. The van der Waals surface area contributed by atoms with E-state index in [4.69, 9.17) is 13.9 Å². The molecule has 0 unspecified atom stereocenters. The number of nitrogens with one attached hydrogen (secondary N) is 1. The molecule has 9 heteroatoms. The molecule has 0 saturated heterocycles. The molecule has 0 radical (unpaired) electrons. The van der Waals surface area contributed by atoms with Gasteiger partial charge in [0.2, 0.25) is 11.2 Å². The highest BCUT2D eigenvalue weighted by molar-refractivity contribution is 5.87. The topological polar surface area (TPSA) is 73.3 Å². The van der Waals surface area contributed by atoms with Crippen molar-refractivity contribution in [2.45, 2.75) is 25.8 Å². The number of benzene rings is 4. The Morgan fingerprint density at radius 1 is 0.786 bits per heavy atom. The van der Waals surface area contributed by atoms with Gasteiger partial charge in [0.15, 0.2) is 17.1 Å². The number of aromatic hydroxyl groups is 1. The molecule has 0 amide bonds. The third-order valence-corrected chi connectivity index (χ3v) is 7.09. The van der Waals surface area contributed by atoms with Crippen molar-refractivity contribution in [2.75, 3.05) is 14.2 Å². The molecule has 0 aliphatic heterocycles. The minimum atomic E-state index is -5.00. The molecule has 1 aromatic heterocycles. The van der Waals surface area contributed by atoms with Crippen LogP contribution in [0.15, 0.2) is 100 Å². The van der Waals surface area contributed by atoms with E-state index in [-0.39, 0.29) is 40.1 Å². The predicted octanol–water partition coefficient (Wildman–Crippen LogP) is 5.99. The Morgan fingerprint density at radius 3 is 1.93 bits per heavy atom. The number of alkyl halides is 3. The lowest BCUT2D eigenvalue weighted by Crippen LogP contribution is -3.08. The Balaban J connectivity index is 1.67. The molecular formula is C33H29F3NO5+. The second-order valence-corrected chi connectivity index (χ2v) is 9.89. The Bertz CT molecular complexity index is 1710. The van der Waals surface area contributed by atoms with E-state index in [0.717, 1.165) is 16.0 Å². The largest absolute Gasteiger partial charge is 0.507 e. The molecule has 0 atom stereocenters. The molecule has 0 bridgehead atoms. The van der Waals surface area contributed by atoms with Crippen molar-refractivity contribution in [1.82, 2.24) is 0 Å². The van der Waals surface area contributed by atoms with Gasteiger partial charge in [-0.05, 0) is 29.8 Å². The summed E-state index contributed by atoms with van der Waals surface area (Å²) in [5.74, 6) is -1.25. The summed E-state index contributed by atoms with van der Waals surface area (Å²) in [6.45, 7) is 1.14. The van der Waals surface area contributed by atoms with Gasteiger partial charge >= 0.3 is 6.18 Å². The fraction of sp³-hybridized carbons (Fsp3) is 0.182. The number of phenolic OH excluding ortho intramolecular Hbond substituents is 1. The van der Waals surface area contributed by atoms with Gasteiger partial charge in [-0.15, -0.1) is 0 Å². The van der Waals surface area contributed by atoms with Crippen LogP contribution in [-0.4, -0.2) is 19.3 Å². The van der Waals surface area contributed by atoms with Gasteiger partial charge in [-0.3, -0.25) is 4.79 Å². The van der Waals surface area contributed by atoms with Crippen LogP contribution in [0, 0.1) is 0 Å². The average molecular weight is 577 g/mol. The SMILES string of the molecule is COc1ccc(-c2c(C(F)(F)F)oc3c(C[NH+](Cc4ccccc4)Cc4ccccc4)c(O)ccc3c2=O)cc1OC. The van der Waals surface area contributed by atoms with Crippen molar-refractivity contribution in [3.05, 3.63) is 124 Å². The van der Waals surface area contributed by atoms with Gasteiger partial charge < -0.3 is 23.9 Å². The Morgan fingerprint density at radius 2 is 1.38 bits per heavy atom. The summed E-state index contributed by atoms with van der Waals surface area (Å²) in [6, 6.07) is 26.0. The number of phenols is 1. The molecule has 1 heterocycles. The highest BCUT2D eigenvalue weighted by atomic mass is 19.4. The smallest absolute Gasteiger partial charge is 0.450 e. The monoisotopic (exact) mass is 576 g/mol. The maximum Gasteiger partial charge on any atom is 0.450 e. The Labute approximate surface area is 240 Å². The van der Waals surface area contributed by atoms with Crippen LogP contribution in [0.5, 0.6) is 17.2 Å². The van der Waals surface area contributed by atoms with E-state index in [1.807, 2.05) is 60.7 Å². The Kier molecular flexibility index (Phi) is 8.22. The highest BCUT2D eigenvalue weighted by Gasteiger charge is 2.40. The summed E-state index contributed by atoms with van der Waals surface area (Å²) in [5, 5.41) is 10.8. The zero-order valence-electron chi connectivity index (χ0n) is 23.0. The minimum absolute atomic E-state index is 0.0364. The van der Waals surface area contributed by atoms with Crippen molar-refractivity contribution >= 4 is 11.0 Å². The molecule has 0 aliphatic rings. The van der Waals surface area contributed by atoms with Gasteiger partial charge in [-0.1, -0.05) is 66.7 Å². The summed E-state index contributed by atoms with van der Waals surface area (Å²) >= 11 is 0. The molecule has 6 nitrogen and oxygen atoms in total. The Hall–Kier alpha value is -4.76. The molecular weight excluding hydrogens is 547 g/mol. The molecule has 0 saturated carbocycles. The van der Waals surface area contributed by atoms with Crippen molar-refractivity contribution in [1.29, 1.82) is 0 Å². The lowest BCUT2D eigenvalue weighted by atomic mass is 9.99. The lowest BCUT2D eigenvalue weighted by Gasteiger charge is -2.22. The van der Waals surface area contributed by atoms with Crippen LogP contribution >= 0.6 is 0 Å². The third kappa shape index (κ3) is 5.96. The molecule has 4 aromatic carbocycles. The van der Waals surface area contributed by atoms with Crippen molar-refractivity contribution in [3.63, 3.8) is 0 Å². The number of halogens is 3. The number of methoxy groups -OCH3 is 2. The van der Waals surface area contributed by atoms with Crippen LogP contribution in [0.4, 0.5) is 13.2 Å². The predicted molar refractivity (Wildman–Crippen MR) is 153 cm³/mol. The van der Waals surface area contributed by atoms with E-state index < -0.39 is 22.9 Å². The first-order valence-electron chi connectivity index (χ1n) is 13.2. The van der Waals surface area contributed by atoms with Crippen LogP contribution in [-0.2, 0) is 25.8 Å². The zero-order valence-corrected chi connectivity index (χ0v) is 23.0. The van der Waals surface area contributed by atoms with Crippen LogP contribution in [0.3, 0.4) is 0 Å². The maximum absolute atomic E-state index is 14.5. The van der Waals surface area contributed by atoms with Crippen LogP contribution in [0.2, 0.25) is 0 Å². The third-order valence-electron chi connectivity index (χ3n) is 7.09. The standard InChI is InChI=1S/C33H28F3NO5/c1-40-27-16-13-23(17-28(27)41-2)29-30(39)24-14-15-26(38)25(31(24)42-32(29)33(34,35)36)20-37(18-21-9-5-3-6-10-21)19-22-11-7-4-8-12-22/h3-17,38H,18-20H2,1-2H3/p+1. The van der Waals surface area contributed by atoms with E-state index in [1.54, 1.807) is 0 Å². The molecule has 0 fully saturated rings. The second-order valence-electron chi connectivity index (χ2n) is 9.89. The fourth-order valence-corrected chi connectivity index (χ4v) is 5.13. The number of rotatable bonds is 9. The van der Waals surface area contributed by atoms with Gasteiger partial charge in [-0.25, -0.2) is 0 Å². The molecule has 2 N–H and O–H groups in total. The normalized spacial score (nSPS) is 11.7. The van der Waals surface area contributed by atoms with E-state index in [9.17, 15) is 23.1 Å². The molecule has 5 aromatic rings. The lowest BCUT2D eigenvalue weighted by molar-refractivity contribution is -0.941. The summed E-state index contributed by atoms with van der Waals surface area (Å²) < 4.78 is 59.5. The molecule has 0 spiro atoms. The number of fused-ring (bicyclic) bond motifs is 1. The second kappa shape index (κ2) is 12.0. The number of quaternary nitrogens is 1. The number of hydrogen-bond acceptors (Lipinski definition) is 5. The van der Waals surface area contributed by atoms with E-state index >= 15 is 0 Å². The molecule has 42 heavy (non-hydrogen) atoms. The quantitative estimate of drug-likeness (QED) is 0.226. The molecule has 216 valence electrons. The van der Waals surface area contributed by atoms with Crippen molar-refractivity contribution in [3.8, 4) is 28.4 Å². The summed E-state index contributed by atoms with van der Waals surface area (Å²) in [6.07, 6.45) is -5.00.